The normalized spacial score (nSPS) is 25.1. The van der Waals surface area contributed by atoms with Crippen molar-refractivity contribution in [2.45, 2.75) is 56.2 Å². The summed E-state index contributed by atoms with van der Waals surface area (Å²) in [5.74, 6) is -1.60. The highest BCUT2D eigenvalue weighted by atomic mass is 32.1. The molecule has 1 saturated carbocycles. The van der Waals surface area contributed by atoms with Crippen molar-refractivity contribution in [3.8, 4) is 0 Å². The van der Waals surface area contributed by atoms with Crippen LogP contribution in [-0.4, -0.2) is 45.6 Å². The first-order valence-corrected chi connectivity index (χ1v) is 9.29. The van der Waals surface area contributed by atoms with Crippen molar-refractivity contribution in [1.29, 1.82) is 5.41 Å². The van der Waals surface area contributed by atoms with Crippen LogP contribution < -0.4 is 10.6 Å². The van der Waals surface area contributed by atoms with E-state index in [9.17, 15) is 19.0 Å². The smallest absolute Gasteiger partial charge is 0.186 e. The molecule has 0 aliphatic heterocycles. The van der Waals surface area contributed by atoms with Gasteiger partial charge in [-0.2, -0.15) is 12.6 Å². The monoisotopic (exact) mass is 388 g/mol. The van der Waals surface area contributed by atoms with Crippen LogP contribution in [0.2, 0.25) is 0 Å². The lowest BCUT2D eigenvalue weighted by molar-refractivity contribution is -0.619. The van der Waals surface area contributed by atoms with Gasteiger partial charge in [-0.05, 0) is 32.8 Å². The Bertz CT molecular complexity index is 645. The number of quaternary nitrogens is 1. The first-order valence-electron chi connectivity index (χ1n) is 8.77. The Morgan fingerprint density at radius 3 is 2.73 bits per heavy atom. The molecule has 1 aliphatic carbocycles. The van der Waals surface area contributed by atoms with Gasteiger partial charge in [0.15, 0.2) is 11.5 Å². The summed E-state index contributed by atoms with van der Waals surface area (Å²) in [7, 11) is 0. The number of hydrogen-bond donors (Lipinski definition) is 6. The molecule has 146 valence electrons. The van der Waals surface area contributed by atoms with Crippen molar-refractivity contribution in [1.82, 2.24) is 5.32 Å². The number of nitrogens with one attached hydrogen (secondary N) is 2. The average molecular weight is 389 g/mol. The molecule has 0 bridgehead atoms. The van der Waals surface area contributed by atoms with Crippen LogP contribution >= 0.6 is 12.6 Å². The summed E-state index contributed by atoms with van der Waals surface area (Å²) in [6.07, 6.45) is 1.14. The predicted molar refractivity (Wildman–Crippen MR) is 99.9 cm³/mol. The van der Waals surface area contributed by atoms with Gasteiger partial charge in [0.25, 0.3) is 0 Å². The molecule has 26 heavy (non-hydrogen) atoms. The van der Waals surface area contributed by atoms with Crippen molar-refractivity contribution in [2.75, 3.05) is 6.61 Å². The second-order valence-corrected chi connectivity index (χ2v) is 8.22. The van der Waals surface area contributed by atoms with E-state index in [4.69, 9.17) is 5.41 Å². The molecule has 0 amide bonds. The summed E-state index contributed by atoms with van der Waals surface area (Å²) >= 11 is 4.60. The Morgan fingerprint density at radius 1 is 1.42 bits per heavy atom. The van der Waals surface area contributed by atoms with Gasteiger partial charge in [0, 0.05) is 17.7 Å². The quantitative estimate of drug-likeness (QED) is 0.184. The largest absolute Gasteiger partial charge is 0.394 e. The minimum atomic E-state index is -1.21. The highest BCUT2D eigenvalue weighted by Crippen LogP contribution is 2.29. The maximum atomic E-state index is 14.0. The average Bonchev–Trinajstić information content (AvgIpc) is 2.57. The first kappa shape index (κ1) is 21.2. The molecule has 0 radical (unpaired) electrons. The third-order valence-corrected chi connectivity index (χ3v) is 5.48. The van der Waals surface area contributed by atoms with E-state index in [0.717, 1.165) is 18.9 Å². The summed E-state index contributed by atoms with van der Waals surface area (Å²) in [5.41, 5.74) is -0.370. The Balaban J connectivity index is 2.17. The zero-order chi connectivity index (χ0) is 19.5. The zero-order valence-electron chi connectivity index (χ0n) is 15.0. The molecule has 0 saturated heterocycles. The van der Waals surface area contributed by atoms with E-state index >= 15 is 0 Å². The van der Waals surface area contributed by atoms with Crippen molar-refractivity contribution < 1.29 is 24.3 Å². The van der Waals surface area contributed by atoms with Gasteiger partial charge < -0.3 is 20.9 Å². The van der Waals surface area contributed by atoms with Gasteiger partial charge in [-0.15, -0.1) is 0 Å². The van der Waals surface area contributed by atoms with Gasteiger partial charge in [0.2, 0.25) is 0 Å². The molecular weight excluding hydrogens is 360 g/mol. The molecule has 0 spiro atoms. The van der Waals surface area contributed by atoms with E-state index in [1.165, 1.54) is 12.1 Å². The third kappa shape index (κ3) is 5.23. The molecule has 1 aromatic rings. The number of aliphatic hydroxyl groups excluding tert-OH is 2. The summed E-state index contributed by atoms with van der Waals surface area (Å²) in [5, 5.41) is 32.6. The molecular formula is C18H28F2N3O2S+. The fraction of sp³-hybridized carbons (Fsp3) is 0.611. The molecule has 8 heteroatoms. The molecule has 1 aliphatic rings. The van der Waals surface area contributed by atoms with Crippen molar-refractivity contribution >= 4 is 24.0 Å². The maximum absolute atomic E-state index is 14.0. The number of aliphatic hydroxyl groups is 2. The van der Waals surface area contributed by atoms with E-state index < -0.39 is 23.4 Å². The number of thiol groups is 1. The number of hydrogen-bond acceptors (Lipinski definition) is 5. The second kappa shape index (κ2) is 8.75. The molecule has 0 heterocycles. The Labute approximate surface area is 158 Å². The highest BCUT2D eigenvalue weighted by molar-refractivity contribution is 7.81. The van der Waals surface area contributed by atoms with E-state index in [1.807, 2.05) is 0 Å². The molecule has 0 aromatic heterocycles. The molecule has 4 atom stereocenters. The number of nitrogens with two attached hydrogens (primary N) is 1. The van der Waals surface area contributed by atoms with E-state index in [-0.39, 0.29) is 35.2 Å². The fourth-order valence-electron chi connectivity index (χ4n) is 3.33. The van der Waals surface area contributed by atoms with E-state index in [0.29, 0.717) is 6.42 Å². The van der Waals surface area contributed by atoms with Gasteiger partial charge in [-0.3, -0.25) is 5.32 Å². The standard InChI is InChI=1S/C18H27F2N3O2S/c1-18(2,9-24)23-17(25)15(21)11-4-3-5-14(26)16(11)22-13-7-6-10(19)8-12(13)20/h6-8,11,14,16-17,21-26H,3-5,9H2,1-2H3/p+1. The molecule has 1 aromatic carbocycles. The lowest BCUT2D eigenvalue weighted by Crippen LogP contribution is -2.90. The Kier molecular flexibility index (Phi) is 7.15. The summed E-state index contributed by atoms with van der Waals surface area (Å²) < 4.78 is 27.2. The van der Waals surface area contributed by atoms with Gasteiger partial charge >= 0.3 is 0 Å². The Morgan fingerprint density at radius 2 is 2.12 bits per heavy atom. The zero-order valence-corrected chi connectivity index (χ0v) is 15.9. The van der Waals surface area contributed by atoms with Gasteiger partial charge in [-0.25, -0.2) is 8.78 Å². The van der Waals surface area contributed by atoms with Crippen molar-refractivity contribution in [3.05, 3.63) is 29.8 Å². The number of rotatable bonds is 7. The van der Waals surface area contributed by atoms with Gasteiger partial charge in [0.1, 0.15) is 18.1 Å². The van der Waals surface area contributed by atoms with Crippen LogP contribution in [0.3, 0.4) is 0 Å². The molecule has 1 fully saturated rings. The SMILES string of the molecule is CC(C)(CO)NC(O)C(=N)C1CCCC(S)C1[NH2+]c1ccc(F)cc1F. The minimum absolute atomic E-state index is 0.0865. The van der Waals surface area contributed by atoms with Gasteiger partial charge in [0.05, 0.1) is 23.5 Å². The lowest BCUT2D eigenvalue weighted by atomic mass is 9.80. The number of halogens is 2. The molecule has 5 nitrogen and oxygen atoms in total. The fourth-order valence-corrected chi connectivity index (χ4v) is 3.81. The van der Waals surface area contributed by atoms with Crippen LogP contribution in [0.15, 0.2) is 18.2 Å². The Hall–Kier alpha value is -1.06. The number of benzene rings is 1. The first-order chi connectivity index (χ1) is 12.1. The second-order valence-electron chi connectivity index (χ2n) is 7.56. The van der Waals surface area contributed by atoms with E-state index in [1.54, 1.807) is 19.2 Å². The van der Waals surface area contributed by atoms with Crippen LogP contribution in [0.4, 0.5) is 14.5 Å². The van der Waals surface area contributed by atoms with Gasteiger partial charge in [-0.1, -0.05) is 6.42 Å². The molecule has 6 N–H and O–H groups in total. The maximum Gasteiger partial charge on any atom is 0.186 e. The topological polar surface area (TPSA) is 93.0 Å². The summed E-state index contributed by atoms with van der Waals surface area (Å²) in [4.78, 5) is 0. The van der Waals surface area contributed by atoms with Crippen molar-refractivity contribution in [2.24, 2.45) is 5.92 Å². The van der Waals surface area contributed by atoms with Crippen molar-refractivity contribution in [3.63, 3.8) is 0 Å². The van der Waals surface area contributed by atoms with E-state index in [2.05, 4.69) is 17.9 Å². The van der Waals surface area contributed by atoms with Crippen LogP contribution in [0.25, 0.3) is 0 Å². The van der Waals surface area contributed by atoms with Crippen LogP contribution in [-0.2, 0) is 0 Å². The van der Waals surface area contributed by atoms with Crippen LogP contribution in [0, 0.1) is 23.0 Å². The molecule has 2 rings (SSSR count). The van der Waals surface area contributed by atoms with Crippen LogP contribution in [0.1, 0.15) is 33.1 Å². The minimum Gasteiger partial charge on any atom is -0.394 e. The highest BCUT2D eigenvalue weighted by Gasteiger charge is 2.40. The lowest BCUT2D eigenvalue weighted by Gasteiger charge is -2.37. The summed E-state index contributed by atoms with van der Waals surface area (Å²) in [6, 6.07) is 3.16. The predicted octanol–water partition coefficient (Wildman–Crippen LogP) is 1.33. The third-order valence-electron chi connectivity index (χ3n) is 4.88. The molecule has 4 unspecified atom stereocenters. The van der Waals surface area contributed by atoms with Crippen LogP contribution in [0.5, 0.6) is 0 Å². The summed E-state index contributed by atoms with van der Waals surface area (Å²) in [6.45, 7) is 3.26.